The molecule has 20 heavy (non-hydrogen) atoms. The van der Waals surface area contributed by atoms with Gasteiger partial charge in [-0.25, -0.2) is 0 Å². The van der Waals surface area contributed by atoms with Crippen molar-refractivity contribution in [3.63, 3.8) is 0 Å². The molecular weight excluding hydrogens is 391 g/mol. The number of carboxylic acids is 1. The summed E-state index contributed by atoms with van der Waals surface area (Å²) in [5.74, 6) is -1.38. The minimum absolute atomic E-state index is 0.0833. The second kappa shape index (κ2) is 7.34. The van der Waals surface area contributed by atoms with E-state index in [-0.39, 0.29) is 40.1 Å². The molecule has 0 aliphatic carbocycles. The van der Waals surface area contributed by atoms with E-state index in [0.717, 1.165) is 10.6 Å². The van der Waals surface area contributed by atoms with Gasteiger partial charge in [-0.05, 0) is 0 Å². The van der Waals surface area contributed by atoms with Crippen molar-refractivity contribution >= 4 is 28.8 Å². The maximum absolute atomic E-state index is 11.5. The first-order valence-electron chi connectivity index (χ1n) is 5.74. The van der Waals surface area contributed by atoms with E-state index in [9.17, 15) is 9.59 Å². The van der Waals surface area contributed by atoms with E-state index in [1.165, 1.54) is 11.3 Å². The molecule has 1 aromatic rings. The van der Waals surface area contributed by atoms with Crippen LogP contribution in [0, 0.1) is 0 Å². The molecule has 7 heteroatoms. The number of hydrogen-bond donors (Lipinski definition) is 2. The van der Waals surface area contributed by atoms with Gasteiger partial charge in [0.1, 0.15) is 0 Å². The van der Waals surface area contributed by atoms with Gasteiger partial charge in [-0.1, -0.05) is 0 Å². The van der Waals surface area contributed by atoms with Crippen molar-refractivity contribution in [3.05, 3.63) is 42.5 Å². The average Bonchev–Trinajstić information content (AvgIpc) is 2.70. The second-order valence-corrected chi connectivity index (χ2v) is 6.78. The van der Waals surface area contributed by atoms with Crippen LogP contribution in [0.5, 0.6) is 0 Å². The number of carbonyl (C=O) groups excluding carboxylic acids is 1. The number of aromatic nitrogens is 1. The summed E-state index contributed by atoms with van der Waals surface area (Å²) >= 11 is 1.41. The number of allylic oxidation sites excluding steroid dienone is 4. The zero-order valence-corrected chi connectivity index (χ0v) is 13.3. The summed E-state index contributed by atoms with van der Waals surface area (Å²) in [6.45, 7) is -0.361. The van der Waals surface area contributed by atoms with Crippen LogP contribution in [0.15, 0.2) is 31.8 Å². The van der Waals surface area contributed by atoms with Gasteiger partial charge < -0.3 is 0 Å². The Bertz CT molecular complexity index is 605. The molecule has 0 saturated carbocycles. The number of carboxylic acid groups (broad SMARTS) is 1. The third kappa shape index (κ3) is 4.57. The Morgan fingerprint density at radius 3 is 3.05 bits per heavy atom. The number of amides is 1. The number of thiazole rings is 1. The van der Waals surface area contributed by atoms with Crippen molar-refractivity contribution in [1.82, 2.24) is 10.3 Å². The number of hydrogen-bond acceptors (Lipinski definition) is 4. The molecule has 1 amide bonds. The van der Waals surface area contributed by atoms with E-state index in [1.807, 2.05) is 23.6 Å². The molecule has 1 aliphatic rings. The molecule has 2 heterocycles. The molecule has 0 atom stereocenters. The Morgan fingerprint density at radius 2 is 2.25 bits per heavy atom. The topological polar surface area (TPSA) is 79.3 Å². The van der Waals surface area contributed by atoms with E-state index in [0.29, 0.717) is 5.69 Å². The van der Waals surface area contributed by atoms with E-state index in [1.54, 1.807) is 0 Å². The van der Waals surface area contributed by atoms with Crippen LogP contribution in [0.1, 0.15) is 10.7 Å². The van der Waals surface area contributed by atoms with Crippen molar-refractivity contribution < 1.29 is 35.9 Å². The number of rotatable bonds is 5. The summed E-state index contributed by atoms with van der Waals surface area (Å²) in [6, 6.07) is 0. The molecule has 1 aromatic heterocycles. The Labute approximate surface area is 130 Å². The second-order valence-electron chi connectivity index (χ2n) is 3.86. The third-order valence-electron chi connectivity index (χ3n) is 2.29. The molecule has 0 unspecified atom stereocenters. The van der Waals surface area contributed by atoms with Crippen LogP contribution < -0.4 is 26.5 Å². The SMILES string of the molecule is O=C(O)CNC(=O)Cc1csc(C2=C[I-]C=CC=C2)n1. The van der Waals surface area contributed by atoms with Gasteiger partial charge in [-0.15, -0.1) is 0 Å². The number of nitrogens with one attached hydrogen (secondary N) is 1. The Kier molecular flexibility index (Phi) is 5.48. The van der Waals surface area contributed by atoms with E-state index >= 15 is 0 Å². The molecule has 2 rings (SSSR count). The average molecular weight is 403 g/mol. The van der Waals surface area contributed by atoms with Crippen molar-refractivity contribution in [2.75, 3.05) is 6.54 Å². The minimum atomic E-state index is -1.05. The van der Waals surface area contributed by atoms with Crippen LogP contribution in [0.2, 0.25) is 0 Å². The first-order chi connectivity index (χ1) is 9.65. The molecule has 0 bridgehead atoms. The normalized spacial score (nSPS) is 14.1. The summed E-state index contributed by atoms with van der Waals surface area (Å²) in [4.78, 5) is 26.3. The summed E-state index contributed by atoms with van der Waals surface area (Å²) in [5.41, 5.74) is 1.75. The maximum atomic E-state index is 11.5. The fourth-order valence-corrected chi connectivity index (χ4v) is 4.03. The van der Waals surface area contributed by atoms with Crippen molar-refractivity contribution in [2.45, 2.75) is 6.42 Å². The molecule has 1 aliphatic heterocycles. The summed E-state index contributed by atoms with van der Waals surface area (Å²) < 4.78 is 4.35. The van der Waals surface area contributed by atoms with Gasteiger partial charge in [0.05, 0.1) is 0 Å². The van der Waals surface area contributed by atoms with Crippen LogP contribution in [0.4, 0.5) is 0 Å². The Hall–Kier alpha value is -1.48. The zero-order chi connectivity index (χ0) is 14.4. The van der Waals surface area contributed by atoms with E-state index < -0.39 is 5.97 Å². The molecule has 0 fully saturated rings. The van der Waals surface area contributed by atoms with Gasteiger partial charge in [-0.2, -0.15) is 0 Å². The molecule has 0 aromatic carbocycles. The number of nitrogens with zero attached hydrogens (tertiary/aromatic N) is 1. The summed E-state index contributed by atoms with van der Waals surface area (Å²) in [5, 5.41) is 13.5. The van der Waals surface area contributed by atoms with Crippen molar-refractivity contribution in [1.29, 1.82) is 0 Å². The van der Waals surface area contributed by atoms with Gasteiger partial charge in [-0.3, -0.25) is 0 Å². The Balaban J connectivity index is 1.97. The van der Waals surface area contributed by atoms with E-state index in [4.69, 9.17) is 5.11 Å². The van der Waals surface area contributed by atoms with Crippen molar-refractivity contribution in [3.8, 4) is 0 Å². The fraction of sp³-hybridized carbons (Fsp3) is 0.154. The van der Waals surface area contributed by atoms with Gasteiger partial charge >= 0.3 is 130 Å². The van der Waals surface area contributed by atoms with Gasteiger partial charge in [0.2, 0.25) is 0 Å². The molecule has 106 valence electrons. The van der Waals surface area contributed by atoms with Crippen molar-refractivity contribution in [2.24, 2.45) is 0 Å². The monoisotopic (exact) mass is 403 g/mol. The van der Waals surface area contributed by atoms with E-state index in [2.05, 4.69) is 18.5 Å². The predicted octanol–water partition coefficient (Wildman–Crippen LogP) is -1.60. The molecule has 5 nitrogen and oxygen atoms in total. The quantitative estimate of drug-likeness (QED) is 0.581. The number of carbonyl (C=O) groups is 2. The Morgan fingerprint density at radius 1 is 1.40 bits per heavy atom. The van der Waals surface area contributed by atoms with Gasteiger partial charge in [0.15, 0.2) is 0 Å². The number of halogens is 1. The fourth-order valence-electron chi connectivity index (χ4n) is 1.42. The van der Waals surface area contributed by atoms with Gasteiger partial charge in [0, 0.05) is 0 Å². The van der Waals surface area contributed by atoms with Crippen LogP contribution in [-0.2, 0) is 16.0 Å². The molecule has 0 radical (unpaired) electrons. The first-order valence-corrected chi connectivity index (χ1v) is 9.11. The summed E-state index contributed by atoms with van der Waals surface area (Å²) in [6.07, 6.45) is 6.13. The standard InChI is InChI=1S/C13H12IN2O3S/c17-11(15-7-12(18)19)5-10-8-20-13(16-10)9-3-1-2-4-14-6-9/h1-4,6,8H,5,7H2,(H,15,17)(H,18,19)/q-1. The molecule has 2 N–H and O–H groups in total. The first kappa shape index (κ1) is 14.9. The molecular formula is C13H12IN2O3S-. The number of aliphatic carboxylic acids is 1. The third-order valence-corrected chi connectivity index (χ3v) is 5.09. The zero-order valence-electron chi connectivity index (χ0n) is 10.4. The van der Waals surface area contributed by atoms with Gasteiger partial charge in [0.25, 0.3) is 0 Å². The molecule has 0 saturated heterocycles. The van der Waals surface area contributed by atoms with Crippen LogP contribution >= 0.6 is 11.3 Å². The summed E-state index contributed by atoms with van der Waals surface area (Å²) in [7, 11) is 0. The van der Waals surface area contributed by atoms with Crippen LogP contribution in [-0.4, -0.2) is 28.5 Å². The predicted molar refractivity (Wildman–Crippen MR) is 72.7 cm³/mol. The molecule has 0 spiro atoms. The van der Waals surface area contributed by atoms with Crippen LogP contribution in [0.25, 0.3) is 5.57 Å². The van der Waals surface area contributed by atoms with Crippen LogP contribution in [0.3, 0.4) is 0 Å².